The highest BCUT2D eigenvalue weighted by Gasteiger charge is 2.00. The Hall–Kier alpha value is -1.32. The van der Waals surface area contributed by atoms with Gasteiger partial charge in [0.2, 0.25) is 0 Å². The molecule has 0 aliphatic rings. The molecule has 0 spiro atoms. The Morgan fingerprint density at radius 2 is 1.93 bits per heavy atom. The van der Waals surface area contributed by atoms with Gasteiger partial charge in [-0.3, -0.25) is 9.79 Å². The van der Waals surface area contributed by atoms with Gasteiger partial charge >= 0.3 is 5.97 Å². The lowest BCUT2D eigenvalue weighted by molar-refractivity contribution is -0.139. The first-order valence-electron chi connectivity index (χ1n) is 4.58. The van der Waals surface area contributed by atoms with E-state index in [9.17, 15) is 4.79 Å². The number of hydrogen-bond donors (Lipinski definition) is 1. The smallest absolute Gasteiger partial charge is 0.311 e. The Labute approximate surface area is 85.9 Å². The van der Waals surface area contributed by atoms with Crippen LogP contribution in [0.25, 0.3) is 0 Å². The lowest BCUT2D eigenvalue weighted by Crippen LogP contribution is -2.06. The molecule has 0 amide bonds. The number of nitrogens with two attached hydrogens (primary N) is 1. The second-order valence-corrected chi connectivity index (χ2v) is 2.49. The molecule has 0 aromatic heterocycles. The molecule has 0 saturated carbocycles. The molecular weight excluding hydrogens is 180 g/mol. The van der Waals surface area contributed by atoms with E-state index >= 15 is 0 Å². The first-order valence-corrected chi connectivity index (χ1v) is 4.58. The van der Waals surface area contributed by atoms with Crippen LogP contribution in [0, 0.1) is 0 Å². The van der Waals surface area contributed by atoms with E-state index in [1.54, 1.807) is 13.8 Å². The molecule has 14 heavy (non-hydrogen) atoms. The van der Waals surface area contributed by atoms with Crippen LogP contribution in [0.15, 0.2) is 16.9 Å². The molecule has 4 nitrogen and oxygen atoms in total. The van der Waals surface area contributed by atoms with Crippen LogP contribution in [0.4, 0.5) is 0 Å². The predicted molar refractivity (Wildman–Crippen MR) is 59.0 cm³/mol. The summed E-state index contributed by atoms with van der Waals surface area (Å²) in [6.07, 6.45) is 1.72. The molecule has 0 bridgehead atoms. The van der Waals surface area contributed by atoms with Crippen LogP contribution in [-0.4, -0.2) is 18.8 Å². The third-order valence-corrected chi connectivity index (χ3v) is 1.12. The van der Waals surface area contributed by atoms with E-state index in [1.165, 1.54) is 13.3 Å². The zero-order valence-electron chi connectivity index (χ0n) is 9.63. The predicted octanol–water partition coefficient (Wildman–Crippen LogP) is 1.86. The van der Waals surface area contributed by atoms with Crippen LogP contribution in [-0.2, 0) is 9.53 Å². The van der Waals surface area contributed by atoms with Gasteiger partial charge in [0.25, 0.3) is 0 Å². The zero-order valence-corrected chi connectivity index (χ0v) is 9.63. The molecule has 0 atom stereocenters. The van der Waals surface area contributed by atoms with E-state index in [2.05, 4.69) is 9.73 Å². The first-order chi connectivity index (χ1) is 6.56. The summed E-state index contributed by atoms with van der Waals surface area (Å²) < 4.78 is 4.46. The molecule has 2 N–H and O–H groups in total. The molecular formula is C10H20N2O2. The Morgan fingerprint density at radius 3 is 2.29 bits per heavy atom. The van der Waals surface area contributed by atoms with Crippen molar-refractivity contribution >= 4 is 11.7 Å². The molecule has 0 rings (SSSR count). The van der Waals surface area contributed by atoms with E-state index in [-0.39, 0.29) is 12.4 Å². The van der Waals surface area contributed by atoms with Crippen molar-refractivity contribution in [3.63, 3.8) is 0 Å². The van der Waals surface area contributed by atoms with Crippen LogP contribution < -0.4 is 5.73 Å². The lowest BCUT2D eigenvalue weighted by Gasteiger charge is -1.96. The molecule has 0 saturated heterocycles. The van der Waals surface area contributed by atoms with Gasteiger partial charge in [-0.1, -0.05) is 13.8 Å². The van der Waals surface area contributed by atoms with Gasteiger partial charge in [0.05, 0.1) is 13.5 Å². The summed E-state index contributed by atoms with van der Waals surface area (Å²) in [7, 11) is 1.35. The van der Waals surface area contributed by atoms with Crippen molar-refractivity contribution in [2.24, 2.45) is 10.7 Å². The molecule has 82 valence electrons. The summed E-state index contributed by atoms with van der Waals surface area (Å²) in [5, 5.41) is 0. The number of aliphatic imine (C=N–C) groups is 1. The topological polar surface area (TPSA) is 64.7 Å². The number of methoxy groups -OCH3 is 1. The lowest BCUT2D eigenvalue weighted by atomic mass is 10.3. The normalized spacial score (nSPS) is 11.5. The number of ether oxygens (including phenoxy) is 1. The minimum Gasteiger partial charge on any atom is -0.469 e. The third-order valence-electron chi connectivity index (χ3n) is 1.12. The van der Waals surface area contributed by atoms with Gasteiger partial charge in [-0.2, -0.15) is 0 Å². The van der Waals surface area contributed by atoms with Gasteiger partial charge in [-0.05, 0) is 13.8 Å². The molecule has 0 aliphatic heterocycles. The number of rotatable bonds is 3. The van der Waals surface area contributed by atoms with E-state index in [0.717, 1.165) is 0 Å². The minimum absolute atomic E-state index is 0.209. The Balaban J connectivity index is 0. The van der Waals surface area contributed by atoms with Crippen LogP contribution >= 0.6 is 0 Å². The Bertz CT molecular complexity index is 216. The summed E-state index contributed by atoms with van der Waals surface area (Å²) in [6, 6.07) is 0. The van der Waals surface area contributed by atoms with Crippen molar-refractivity contribution in [1.82, 2.24) is 0 Å². The first kappa shape index (κ1) is 15.2. The van der Waals surface area contributed by atoms with Crippen LogP contribution in [0.5, 0.6) is 0 Å². The largest absolute Gasteiger partial charge is 0.469 e. The monoisotopic (exact) mass is 200 g/mol. The van der Waals surface area contributed by atoms with Crippen LogP contribution in [0.3, 0.4) is 0 Å². The number of esters is 1. The number of hydrogen-bond acceptors (Lipinski definition) is 4. The molecule has 0 aromatic rings. The van der Waals surface area contributed by atoms with Gasteiger partial charge < -0.3 is 10.5 Å². The summed E-state index contributed by atoms with van der Waals surface area (Å²) in [5.74, 6) is -0.292. The Kier molecular flexibility index (Phi) is 10.6. The van der Waals surface area contributed by atoms with E-state index in [4.69, 9.17) is 5.73 Å². The van der Waals surface area contributed by atoms with Gasteiger partial charge in [0, 0.05) is 17.6 Å². The maximum absolute atomic E-state index is 10.7. The van der Waals surface area contributed by atoms with Crippen molar-refractivity contribution in [2.75, 3.05) is 7.11 Å². The maximum Gasteiger partial charge on any atom is 0.311 e. The SMILES string of the molecule is CC.COC(=O)CC(C)=N/C=C(\C)N. The highest BCUT2D eigenvalue weighted by Crippen LogP contribution is 1.91. The summed E-state index contributed by atoms with van der Waals surface area (Å²) in [6.45, 7) is 7.48. The maximum atomic E-state index is 10.7. The number of carbonyl (C=O) groups excluding carboxylic acids is 1. The fraction of sp³-hybridized carbons (Fsp3) is 0.600. The van der Waals surface area contributed by atoms with E-state index in [1.807, 2.05) is 13.8 Å². The highest BCUT2D eigenvalue weighted by molar-refractivity contribution is 5.97. The average Bonchev–Trinajstić information content (AvgIpc) is 2.17. The summed E-state index contributed by atoms with van der Waals surface area (Å²) in [5.41, 5.74) is 6.64. The molecule has 0 fully saturated rings. The second-order valence-electron chi connectivity index (χ2n) is 2.49. The average molecular weight is 200 g/mol. The third kappa shape index (κ3) is 10.7. The minimum atomic E-state index is -0.292. The standard InChI is InChI=1S/C8H14N2O2.C2H6/c1-6(9)5-10-7(2)4-8(11)12-3;1-2/h5H,4,9H2,1-3H3;1-2H3/b6-5+,10-7?;. The fourth-order valence-electron chi connectivity index (χ4n) is 0.539. The van der Waals surface area contributed by atoms with Gasteiger partial charge in [0.15, 0.2) is 0 Å². The van der Waals surface area contributed by atoms with Crippen molar-refractivity contribution in [3.8, 4) is 0 Å². The van der Waals surface area contributed by atoms with Gasteiger partial charge in [-0.15, -0.1) is 0 Å². The fourth-order valence-corrected chi connectivity index (χ4v) is 0.539. The molecule has 0 aromatic carbocycles. The van der Waals surface area contributed by atoms with Crippen molar-refractivity contribution < 1.29 is 9.53 Å². The van der Waals surface area contributed by atoms with Crippen LogP contribution in [0.2, 0.25) is 0 Å². The van der Waals surface area contributed by atoms with Gasteiger partial charge in [0.1, 0.15) is 0 Å². The number of carbonyl (C=O) groups is 1. The molecule has 0 radical (unpaired) electrons. The van der Waals surface area contributed by atoms with E-state index < -0.39 is 0 Å². The molecule has 0 unspecified atom stereocenters. The zero-order chi connectivity index (χ0) is 11.6. The summed E-state index contributed by atoms with van der Waals surface area (Å²) >= 11 is 0. The van der Waals surface area contributed by atoms with Crippen LogP contribution in [0.1, 0.15) is 34.1 Å². The highest BCUT2D eigenvalue weighted by atomic mass is 16.5. The van der Waals surface area contributed by atoms with Gasteiger partial charge in [-0.25, -0.2) is 0 Å². The molecule has 4 heteroatoms. The van der Waals surface area contributed by atoms with E-state index in [0.29, 0.717) is 11.4 Å². The van der Waals surface area contributed by atoms with Crippen molar-refractivity contribution in [1.29, 1.82) is 0 Å². The number of nitrogens with zero attached hydrogens (tertiary/aromatic N) is 1. The molecule has 0 aliphatic carbocycles. The van der Waals surface area contributed by atoms with Crippen molar-refractivity contribution in [3.05, 3.63) is 11.9 Å². The quantitative estimate of drug-likeness (QED) is 0.558. The Morgan fingerprint density at radius 1 is 1.43 bits per heavy atom. The van der Waals surface area contributed by atoms with Crippen molar-refractivity contribution in [2.45, 2.75) is 34.1 Å². The second kappa shape index (κ2) is 9.77. The summed E-state index contributed by atoms with van der Waals surface area (Å²) in [4.78, 5) is 14.7. The molecule has 0 heterocycles. The number of allylic oxidation sites excluding steroid dienone is 1.